The van der Waals surface area contributed by atoms with E-state index in [4.69, 9.17) is 19.6 Å². The maximum absolute atomic E-state index is 13.2. The van der Waals surface area contributed by atoms with E-state index in [1.165, 1.54) is 7.11 Å². The fourth-order valence-electron chi connectivity index (χ4n) is 4.50. The highest BCUT2D eigenvalue weighted by Gasteiger charge is 2.36. The van der Waals surface area contributed by atoms with Crippen LogP contribution < -0.4 is 31.2 Å². The molecule has 12 heteroatoms. The molecule has 3 heterocycles. The number of nitrogens with two attached hydrogens (primary N) is 1. The van der Waals surface area contributed by atoms with Crippen molar-refractivity contribution in [2.45, 2.75) is 19.4 Å². The first-order chi connectivity index (χ1) is 17.7. The van der Waals surface area contributed by atoms with Crippen LogP contribution >= 0.6 is 15.9 Å². The normalized spacial score (nSPS) is 14.7. The van der Waals surface area contributed by atoms with E-state index in [9.17, 15) is 20.5 Å². The summed E-state index contributed by atoms with van der Waals surface area (Å²) in [7, 11) is 1.51. The maximum Gasteiger partial charge on any atom is 0.344 e. The Kier molecular flexibility index (Phi) is 5.93. The van der Waals surface area contributed by atoms with E-state index in [0.29, 0.717) is 38.0 Å². The molecule has 0 saturated carbocycles. The first-order valence-electron chi connectivity index (χ1n) is 11.0. The van der Waals surface area contributed by atoms with Gasteiger partial charge in [-0.2, -0.15) is 10.4 Å². The number of halogens is 1. The molecule has 2 aromatic carbocycles. The summed E-state index contributed by atoms with van der Waals surface area (Å²) >= 11 is 3.26. The molecule has 0 bridgehead atoms. The molecule has 1 aliphatic rings. The second kappa shape index (κ2) is 9.11. The van der Waals surface area contributed by atoms with Crippen molar-refractivity contribution in [3.05, 3.63) is 107 Å². The lowest BCUT2D eigenvalue weighted by Crippen LogP contribution is -2.26. The van der Waals surface area contributed by atoms with E-state index in [0.717, 1.165) is 0 Å². The number of H-pyrrole nitrogens is 1. The van der Waals surface area contributed by atoms with Crippen molar-refractivity contribution in [1.29, 1.82) is 5.26 Å². The van der Waals surface area contributed by atoms with Gasteiger partial charge in [0.1, 0.15) is 27.4 Å². The Balaban J connectivity index is 1.71. The Labute approximate surface area is 217 Å². The molecule has 0 amide bonds. The molecule has 0 fully saturated rings. The molecule has 37 heavy (non-hydrogen) atoms. The van der Waals surface area contributed by atoms with Crippen LogP contribution in [-0.4, -0.2) is 16.9 Å². The van der Waals surface area contributed by atoms with Crippen molar-refractivity contribution in [2.24, 2.45) is 5.73 Å². The van der Waals surface area contributed by atoms with Gasteiger partial charge in [0, 0.05) is 5.56 Å². The third kappa shape index (κ3) is 3.89. The first-order valence-corrected chi connectivity index (χ1v) is 11.8. The second-order valence-corrected chi connectivity index (χ2v) is 9.12. The summed E-state index contributed by atoms with van der Waals surface area (Å²) in [6, 6.07) is 14.2. The van der Waals surface area contributed by atoms with Gasteiger partial charge in [0.15, 0.2) is 5.75 Å². The Morgan fingerprint density at radius 1 is 1.30 bits per heavy atom. The second-order valence-electron chi connectivity index (χ2n) is 8.33. The molecule has 2 aromatic heterocycles. The van der Waals surface area contributed by atoms with Crippen LogP contribution in [-0.2, 0) is 6.54 Å². The van der Waals surface area contributed by atoms with Gasteiger partial charge in [-0.05, 0) is 52.7 Å². The Bertz CT molecular complexity index is 1770. The van der Waals surface area contributed by atoms with Gasteiger partial charge >= 0.3 is 11.1 Å². The van der Waals surface area contributed by atoms with Crippen molar-refractivity contribution >= 4 is 26.9 Å². The van der Waals surface area contributed by atoms with Gasteiger partial charge in [-0.3, -0.25) is 4.90 Å². The number of allylic oxidation sites excluding steroid dienone is 1. The van der Waals surface area contributed by atoms with Gasteiger partial charge in [-0.15, -0.1) is 0 Å². The highest BCUT2D eigenvalue weighted by Crippen LogP contribution is 2.44. The highest BCUT2D eigenvalue weighted by molar-refractivity contribution is 9.10. The average molecular weight is 565 g/mol. The van der Waals surface area contributed by atoms with Crippen LogP contribution in [0.15, 0.2) is 67.6 Å². The Hall–Kier alpha value is -4.63. The van der Waals surface area contributed by atoms with Crippen LogP contribution in [0.5, 0.6) is 11.5 Å². The number of aromatic nitrogens is 2. The van der Waals surface area contributed by atoms with E-state index < -0.39 is 16.4 Å². The van der Waals surface area contributed by atoms with Gasteiger partial charge in [0.05, 0.1) is 36.2 Å². The maximum atomic E-state index is 13.2. The molecule has 0 saturated heterocycles. The fourth-order valence-corrected chi connectivity index (χ4v) is 4.95. The SMILES string of the molecule is COc1ccc([C@H]2C(C#N)=C(N)Oc3c2c(=O)oc2ccccc32)cc1Cn1[nH]c(=[N+]([O-])[O-])c(Br)c1C. The number of nitrogens with one attached hydrogen (secondary N) is 1. The van der Waals surface area contributed by atoms with Crippen LogP contribution in [0, 0.1) is 28.7 Å². The molecule has 1 atom stereocenters. The Morgan fingerprint density at radius 2 is 2.05 bits per heavy atom. The van der Waals surface area contributed by atoms with Gasteiger partial charge in [0.25, 0.3) is 0 Å². The standard InChI is InChI=1S/C25H19BrN5O6/c1-12-21(26)24(31(33)34)29-30(12)11-14-9-13(7-8-17(14)35-2)19-16(10-27)23(28)37-22-15-5-3-4-6-18(15)36-25(32)20(19)22/h3-9,19,29H,11,28H2,1-2H3/q-1/t19-/m0/s1. The van der Waals surface area contributed by atoms with Crippen LogP contribution in [0.1, 0.15) is 28.3 Å². The summed E-state index contributed by atoms with van der Waals surface area (Å²) < 4.78 is 18.8. The van der Waals surface area contributed by atoms with Crippen LogP contribution in [0.3, 0.4) is 0 Å². The zero-order valence-corrected chi connectivity index (χ0v) is 21.2. The number of hydrogen-bond donors (Lipinski definition) is 2. The number of nitriles is 1. The van der Waals surface area contributed by atoms with Crippen molar-refractivity contribution in [3.8, 4) is 17.6 Å². The summed E-state index contributed by atoms with van der Waals surface area (Å²) in [5.74, 6) is -0.227. The lowest BCUT2D eigenvalue weighted by Gasteiger charge is -2.26. The highest BCUT2D eigenvalue weighted by atomic mass is 79.9. The average Bonchev–Trinajstić information content (AvgIpc) is 3.16. The van der Waals surface area contributed by atoms with Crippen LogP contribution in [0.4, 0.5) is 0 Å². The summed E-state index contributed by atoms with van der Waals surface area (Å²) in [4.78, 5) is 12.6. The summed E-state index contributed by atoms with van der Waals surface area (Å²) in [5.41, 5.74) is 7.69. The lowest BCUT2D eigenvalue weighted by atomic mass is 9.83. The number of aromatic amines is 1. The van der Waals surface area contributed by atoms with E-state index in [1.807, 2.05) is 0 Å². The molecule has 5 rings (SSSR count). The minimum atomic E-state index is -0.866. The van der Waals surface area contributed by atoms with Gasteiger partial charge in [0.2, 0.25) is 5.88 Å². The molecular weight excluding hydrogens is 546 g/mol. The predicted molar refractivity (Wildman–Crippen MR) is 137 cm³/mol. The minimum absolute atomic E-state index is 0.0632. The molecule has 3 N–H and O–H groups in total. The summed E-state index contributed by atoms with van der Waals surface area (Å²) in [5, 5.41) is 36.0. The van der Waals surface area contributed by atoms with Gasteiger partial charge < -0.3 is 30.0 Å². The number of fused-ring (bicyclic) bond motifs is 3. The zero-order valence-electron chi connectivity index (χ0n) is 19.6. The third-order valence-electron chi connectivity index (χ3n) is 6.29. The minimum Gasteiger partial charge on any atom is -0.712 e. The molecule has 0 radical (unpaired) electrons. The van der Waals surface area contributed by atoms with E-state index in [2.05, 4.69) is 27.1 Å². The molecule has 188 valence electrons. The largest absolute Gasteiger partial charge is 0.712 e. The van der Waals surface area contributed by atoms with Gasteiger partial charge in [-0.1, -0.05) is 18.2 Å². The fraction of sp³-hybridized carbons (Fsp3) is 0.160. The number of rotatable bonds is 4. The Morgan fingerprint density at radius 3 is 2.73 bits per heavy atom. The number of methoxy groups -OCH3 is 1. The van der Waals surface area contributed by atoms with Crippen LogP contribution in [0.25, 0.3) is 11.0 Å². The van der Waals surface area contributed by atoms with Crippen molar-refractivity contribution in [1.82, 2.24) is 14.7 Å². The molecule has 0 spiro atoms. The molecule has 11 nitrogen and oxygen atoms in total. The molecule has 1 aliphatic heterocycles. The lowest BCUT2D eigenvalue weighted by molar-refractivity contribution is 0.387. The number of benzene rings is 2. The van der Waals surface area contributed by atoms with E-state index in [-0.39, 0.29) is 34.8 Å². The smallest absolute Gasteiger partial charge is 0.344 e. The summed E-state index contributed by atoms with van der Waals surface area (Å²) in [6.45, 7) is 1.91. The molecule has 0 unspecified atom stereocenters. The third-order valence-corrected chi connectivity index (χ3v) is 7.24. The summed E-state index contributed by atoms with van der Waals surface area (Å²) in [6.07, 6.45) is 0. The van der Waals surface area contributed by atoms with Crippen molar-refractivity contribution in [2.75, 3.05) is 7.11 Å². The number of ether oxygens (including phenoxy) is 2. The molecule has 4 aromatic rings. The molecular formula is C25H19BrN5O6-. The van der Waals surface area contributed by atoms with E-state index >= 15 is 0 Å². The van der Waals surface area contributed by atoms with Gasteiger partial charge in [-0.25, -0.2) is 9.48 Å². The molecule has 0 aliphatic carbocycles. The van der Waals surface area contributed by atoms with Crippen molar-refractivity contribution < 1.29 is 13.9 Å². The monoisotopic (exact) mass is 564 g/mol. The number of para-hydroxylation sites is 1. The number of nitrogens with zero attached hydrogens (tertiary/aromatic N) is 3. The predicted octanol–water partition coefficient (Wildman–Crippen LogP) is 3.04. The topological polar surface area (TPSA) is 168 Å². The van der Waals surface area contributed by atoms with Crippen LogP contribution in [0.2, 0.25) is 0 Å². The van der Waals surface area contributed by atoms with Crippen molar-refractivity contribution in [3.63, 3.8) is 0 Å². The first kappa shape index (κ1) is 24.1. The zero-order chi connectivity index (χ0) is 26.4. The number of hydrogen-bond acceptors (Lipinski definition) is 8. The quantitative estimate of drug-likeness (QED) is 0.281. The van der Waals surface area contributed by atoms with E-state index in [1.54, 1.807) is 54.1 Å².